The van der Waals surface area contributed by atoms with Crippen molar-refractivity contribution in [3.8, 4) is 33.0 Å². The van der Waals surface area contributed by atoms with Crippen LogP contribution in [0.1, 0.15) is 30.9 Å². The maximum atomic E-state index is 2.63. The summed E-state index contributed by atoms with van der Waals surface area (Å²) >= 11 is 1.98. The zero-order valence-electron chi connectivity index (χ0n) is 19.1. The lowest BCUT2D eigenvalue weighted by Crippen LogP contribution is -2.41. The van der Waals surface area contributed by atoms with E-state index < -0.39 is 0 Å². The Morgan fingerprint density at radius 1 is 0.758 bits per heavy atom. The maximum Gasteiger partial charge on any atom is 0.227 e. The van der Waals surface area contributed by atoms with E-state index in [9.17, 15) is 0 Å². The molecule has 0 radical (unpaired) electrons. The number of rotatable bonds is 5. The topological polar surface area (TPSA) is 3.88 Å². The average Bonchev–Trinajstić information content (AvgIpc) is 3.27. The van der Waals surface area contributed by atoms with Crippen LogP contribution >= 0.6 is 11.3 Å². The van der Waals surface area contributed by atoms with Crippen molar-refractivity contribution in [1.29, 1.82) is 0 Å². The Hall–Kier alpha value is -3.23. The van der Waals surface area contributed by atoms with Gasteiger partial charge in [0.05, 0.1) is 0 Å². The van der Waals surface area contributed by atoms with Crippen molar-refractivity contribution >= 4 is 21.4 Å². The van der Waals surface area contributed by atoms with Crippen LogP contribution < -0.4 is 4.57 Å². The number of hydrogen-bond donors (Lipinski definition) is 0. The normalized spacial score (nSPS) is 12.5. The summed E-state index contributed by atoms with van der Waals surface area (Å²) in [5, 5.41) is 1.44. The first-order chi connectivity index (χ1) is 16.3. The Labute approximate surface area is 200 Å². The Balaban J connectivity index is 1.71. The van der Waals surface area contributed by atoms with E-state index in [0.29, 0.717) is 0 Å². The number of pyridine rings is 1. The lowest BCUT2D eigenvalue weighted by molar-refractivity contribution is -0.676. The molecule has 5 aromatic rings. The van der Waals surface area contributed by atoms with Crippen molar-refractivity contribution in [1.82, 2.24) is 0 Å². The first-order valence-corrected chi connectivity index (χ1v) is 12.9. The molecule has 0 fully saturated rings. The van der Waals surface area contributed by atoms with E-state index in [1.807, 2.05) is 11.3 Å². The lowest BCUT2D eigenvalue weighted by atomic mass is 9.86. The highest BCUT2D eigenvalue weighted by atomic mass is 32.1. The van der Waals surface area contributed by atoms with Crippen LogP contribution in [0.2, 0.25) is 0 Å². The summed E-state index contributed by atoms with van der Waals surface area (Å²) in [6.07, 6.45) is 4.58. The molecule has 0 aliphatic heterocycles. The van der Waals surface area contributed by atoms with Crippen LogP contribution in [0, 0.1) is 0 Å². The molecule has 162 valence electrons. The summed E-state index contributed by atoms with van der Waals surface area (Å²) in [5.41, 5.74) is 9.83. The van der Waals surface area contributed by atoms with E-state index in [1.165, 1.54) is 67.0 Å². The number of benzene rings is 3. The predicted octanol–water partition coefficient (Wildman–Crippen LogP) is 8.09. The standard InChI is InChI=1S/C31H28NS/c1-2-3-20-32-28(23-14-8-5-9-15-23)21-27(22-12-6-4-7-13-22)25-18-19-26-24-16-10-11-17-29(24)33-31(26)30(25)32/h4-17,21H,2-3,18-20H2,1H3/q+1. The fraction of sp³-hybridized carbons (Fsp3) is 0.194. The van der Waals surface area contributed by atoms with Crippen LogP contribution in [0.5, 0.6) is 0 Å². The quantitative estimate of drug-likeness (QED) is 0.240. The monoisotopic (exact) mass is 446 g/mol. The van der Waals surface area contributed by atoms with Gasteiger partial charge in [-0.1, -0.05) is 80.1 Å². The van der Waals surface area contributed by atoms with Crippen LogP contribution in [0.25, 0.3) is 43.0 Å². The van der Waals surface area contributed by atoms with Crippen LogP contribution in [0.15, 0.2) is 91.0 Å². The number of aryl methyl sites for hydroxylation is 1. The molecule has 1 nitrogen and oxygen atoms in total. The number of hydrogen-bond acceptors (Lipinski definition) is 1. The molecule has 0 N–H and O–H groups in total. The van der Waals surface area contributed by atoms with Gasteiger partial charge in [-0.15, -0.1) is 11.3 Å². The molecule has 1 aliphatic carbocycles. The van der Waals surface area contributed by atoms with Gasteiger partial charge < -0.3 is 0 Å². The van der Waals surface area contributed by atoms with Gasteiger partial charge in [0.2, 0.25) is 11.4 Å². The third-order valence-electron chi connectivity index (χ3n) is 6.88. The molecule has 0 saturated heterocycles. The van der Waals surface area contributed by atoms with Crippen molar-refractivity contribution in [3.05, 3.63) is 102 Å². The van der Waals surface area contributed by atoms with Crippen LogP contribution in [0.3, 0.4) is 0 Å². The molecule has 0 spiro atoms. The number of thiophene rings is 1. The number of nitrogens with zero attached hydrogens (tertiary/aromatic N) is 1. The molecular formula is C31H28NS+. The smallest absolute Gasteiger partial charge is 0.190 e. The van der Waals surface area contributed by atoms with Gasteiger partial charge in [0.1, 0.15) is 11.4 Å². The molecular weight excluding hydrogens is 418 g/mol. The van der Waals surface area contributed by atoms with E-state index in [-0.39, 0.29) is 0 Å². The Bertz CT molecular complexity index is 1430. The molecule has 0 atom stereocenters. The van der Waals surface area contributed by atoms with Crippen molar-refractivity contribution in [2.75, 3.05) is 0 Å². The third-order valence-corrected chi connectivity index (χ3v) is 8.10. The highest BCUT2D eigenvalue weighted by molar-refractivity contribution is 7.22. The molecule has 0 saturated carbocycles. The minimum Gasteiger partial charge on any atom is -0.190 e. The van der Waals surface area contributed by atoms with E-state index in [0.717, 1.165) is 19.4 Å². The number of fused-ring (bicyclic) bond motifs is 5. The van der Waals surface area contributed by atoms with Gasteiger partial charge in [-0.25, -0.2) is 0 Å². The van der Waals surface area contributed by atoms with E-state index in [4.69, 9.17) is 0 Å². The van der Waals surface area contributed by atoms with E-state index in [2.05, 4.69) is 102 Å². The zero-order chi connectivity index (χ0) is 22.2. The average molecular weight is 447 g/mol. The van der Waals surface area contributed by atoms with Crippen molar-refractivity contribution in [3.63, 3.8) is 0 Å². The second-order valence-corrected chi connectivity index (χ2v) is 9.97. The first kappa shape index (κ1) is 20.4. The molecule has 1 aliphatic rings. The summed E-state index contributed by atoms with van der Waals surface area (Å²) < 4.78 is 4.04. The highest BCUT2D eigenvalue weighted by Crippen LogP contribution is 2.45. The highest BCUT2D eigenvalue weighted by Gasteiger charge is 2.34. The third kappa shape index (κ3) is 3.50. The number of aromatic nitrogens is 1. The van der Waals surface area contributed by atoms with Crippen molar-refractivity contribution < 1.29 is 4.57 Å². The molecule has 0 amide bonds. The maximum absolute atomic E-state index is 2.63. The summed E-state index contributed by atoms with van der Waals surface area (Å²) in [5.74, 6) is 0. The van der Waals surface area contributed by atoms with Crippen LogP contribution in [-0.2, 0) is 19.4 Å². The molecule has 3 aromatic carbocycles. The Morgan fingerprint density at radius 3 is 2.18 bits per heavy atom. The molecule has 0 unspecified atom stereocenters. The Kier molecular flexibility index (Phi) is 5.32. The second kappa shape index (κ2) is 8.61. The van der Waals surface area contributed by atoms with Gasteiger partial charge in [0.15, 0.2) is 0 Å². The molecule has 0 bridgehead atoms. The zero-order valence-corrected chi connectivity index (χ0v) is 19.9. The summed E-state index contributed by atoms with van der Waals surface area (Å²) in [6.45, 7) is 3.34. The predicted molar refractivity (Wildman–Crippen MR) is 141 cm³/mol. The molecule has 2 heteroatoms. The van der Waals surface area contributed by atoms with Gasteiger partial charge >= 0.3 is 0 Å². The van der Waals surface area contributed by atoms with Crippen molar-refractivity contribution in [2.45, 2.75) is 39.2 Å². The molecule has 33 heavy (non-hydrogen) atoms. The molecule has 2 aromatic heterocycles. The van der Waals surface area contributed by atoms with Gasteiger partial charge in [0.25, 0.3) is 0 Å². The summed E-state index contributed by atoms with van der Waals surface area (Å²) in [4.78, 5) is 1.48. The van der Waals surface area contributed by atoms with Gasteiger partial charge in [-0.2, -0.15) is 4.57 Å². The Morgan fingerprint density at radius 2 is 1.42 bits per heavy atom. The molecule has 2 heterocycles. The van der Waals surface area contributed by atoms with E-state index in [1.54, 1.807) is 0 Å². The fourth-order valence-corrected chi connectivity index (χ4v) is 6.62. The van der Waals surface area contributed by atoms with Gasteiger partial charge in [0, 0.05) is 28.3 Å². The van der Waals surface area contributed by atoms with Crippen LogP contribution in [-0.4, -0.2) is 0 Å². The SMILES string of the molecule is CCCC[n+]1c(-c2ccccc2)cc(-c2ccccc2)c2c1-c1sc3ccccc3c1CC2. The second-order valence-electron chi connectivity index (χ2n) is 8.91. The van der Waals surface area contributed by atoms with Crippen molar-refractivity contribution in [2.24, 2.45) is 0 Å². The van der Waals surface area contributed by atoms with Gasteiger partial charge in [-0.05, 0) is 53.1 Å². The summed E-state index contributed by atoms with van der Waals surface area (Å²) in [6, 6.07) is 33.3. The first-order valence-electron chi connectivity index (χ1n) is 12.1. The minimum atomic E-state index is 1.05. The minimum absolute atomic E-state index is 1.05. The van der Waals surface area contributed by atoms with E-state index >= 15 is 0 Å². The van der Waals surface area contributed by atoms with Gasteiger partial charge in [-0.3, -0.25) is 0 Å². The van der Waals surface area contributed by atoms with Crippen LogP contribution in [0.4, 0.5) is 0 Å². The number of unbranched alkanes of at least 4 members (excludes halogenated alkanes) is 1. The fourth-order valence-electron chi connectivity index (χ4n) is 5.29. The largest absolute Gasteiger partial charge is 0.227 e. The lowest BCUT2D eigenvalue weighted by Gasteiger charge is -2.21. The molecule has 6 rings (SSSR count). The summed E-state index contributed by atoms with van der Waals surface area (Å²) in [7, 11) is 0.